The Kier molecular flexibility index (Phi) is 10.7. The van der Waals surface area contributed by atoms with Gasteiger partial charge >= 0.3 is 6.03 Å². The van der Waals surface area contributed by atoms with Gasteiger partial charge in [0.2, 0.25) is 0 Å². The fourth-order valence-electron chi connectivity index (χ4n) is 6.51. The highest BCUT2D eigenvalue weighted by Gasteiger charge is 2.34. The highest BCUT2D eigenvalue weighted by Crippen LogP contribution is 2.38. The number of carbonyl (C=O) groups is 3. The summed E-state index contributed by atoms with van der Waals surface area (Å²) >= 11 is 0. The Morgan fingerprint density at radius 2 is 1.56 bits per heavy atom. The number of fused-ring (bicyclic) bond motifs is 2. The summed E-state index contributed by atoms with van der Waals surface area (Å²) in [6.07, 6.45) is 3.57. The van der Waals surface area contributed by atoms with Crippen molar-refractivity contribution < 1.29 is 14.4 Å². The summed E-state index contributed by atoms with van der Waals surface area (Å²) in [7, 11) is 0. The van der Waals surface area contributed by atoms with Gasteiger partial charge < -0.3 is 10.3 Å². The second kappa shape index (κ2) is 15.5. The first-order valence-corrected chi connectivity index (χ1v) is 17.9. The zero-order chi connectivity index (χ0) is 36.9. The molecule has 3 aromatic carbocycles. The molecule has 264 valence electrons. The van der Waals surface area contributed by atoms with Gasteiger partial charge in [0.1, 0.15) is 11.3 Å². The van der Waals surface area contributed by atoms with E-state index in [0.717, 1.165) is 51.7 Å². The fourth-order valence-corrected chi connectivity index (χ4v) is 6.51. The maximum atomic E-state index is 14.1. The standard InChI is InChI=1S/C43H43N5O4/c1-6-7-21-47(37-26-31-17-13-20-44-39(31)46-40(37)49)43(52)45-38-35(27(2)3)24-32(25-36(38)28(4)5)30-16-12-15-29(23-30)14-10-11-22-48-41(50)33-18-8-9-19-34(33)42(48)51/h8-9,12-13,15-20,23-28H,6-7,11,21-22H2,1-5H3,(H,45,52)(H,44,46,49). The van der Waals surface area contributed by atoms with Crippen LogP contribution in [0.2, 0.25) is 0 Å². The number of aromatic nitrogens is 2. The number of H-pyrrole nitrogens is 1. The number of anilines is 2. The highest BCUT2D eigenvalue weighted by molar-refractivity contribution is 6.21. The third kappa shape index (κ3) is 7.38. The second-order valence-corrected chi connectivity index (χ2v) is 13.6. The van der Waals surface area contributed by atoms with Crippen LogP contribution in [0.15, 0.2) is 89.9 Å². The van der Waals surface area contributed by atoms with Crippen molar-refractivity contribution in [3.63, 3.8) is 0 Å². The van der Waals surface area contributed by atoms with E-state index in [-0.39, 0.29) is 47.5 Å². The number of benzene rings is 3. The van der Waals surface area contributed by atoms with Crippen LogP contribution in [0.5, 0.6) is 0 Å². The average Bonchev–Trinajstić information content (AvgIpc) is 3.38. The summed E-state index contributed by atoms with van der Waals surface area (Å²) in [4.78, 5) is 62.7. The lowest BCUT2D eigenvalue weighted by Gasteiger charge is -2.27. The number of imide groups is 1. The molecule has 9 nitrogen and oxygen atoms in total. The van der Waals surface area contributed by atoms with Crippen molar-refractivity contribution in [2.24, 2.45) is 0 Å². The van der Waals surface area contributed by atoms with E-state index in [1.807, 2.05) is 30.3 Å². The number of unbranched alkanes of at least 4 members (excludes halogenated alkanes) is 1. The predicted molar refractivity (Wildman–Crippen MR) is 207 cm³/mol. The van der Waals surface area contributed by atoms with Gasteiger partial charge in [-0.1, -0.05) is 77.1 Å². The Bertz CT molecular complexity index is 2230. The lowest BCUT2D eigenvalue weighted by atomic mass is 9.88. The van der Waals surface area contributed by atoms with Gasteiger partial charge in [-0.3, -0.25) is 24.2 Å². The van der Waals surface area contributed by atoms with Crippen LogP contribution in [0.25, 0.3) is 22.2 Å². The van der Waals surface area contributed by atoms with Gasteiger partial charge in [0.15, 0.2) is 0 Å². The van der Waals surface area contributed by atoms with Crippen molar-refractivity contribution in [2.45, 2.75) is 65.7 Å². The number of amides is 4. The van der Waals surface area contributed by atoms with Gasteiger partial charge in [0, 0.05) is 42.3 Å². The Balaban J connectivity index is 1.26. The quantitative estimate of drug-likeness (QED) is 0.112. The number of hydrogen-bond acceptors (Lipinski definition) is 5. The molecule has 9 heteroatoms. The maximum Gasteiger partial charge on any atom is 0.326 e. The van der Waals surface area contributed by atoms with Gasteiger partial charge in [0.25, 0.3) is 17.4 Å². The lowest BCUT2D eigenvalue weighted by Crippen LogP contribution is -2.39. The van der Waals surface area contributed by atoms with E-state index in [4.69, 9.17) is 0 Å². The summed E-state index contributed by atoms with van der Waals surface area (Å²) in [5.74, 6) is 5.95. The zero-order valence-corrected chi connectivity index (χ0v) is 30.2. The monoisotopic (exact) mass is 693 g/mol. The number of rotatable bonds is 10. The lowest BCUT2D eigenvalue weighted by molar-refractivity contribution is 0.0657. The van der Waals surface area contributed by atoms with Gasteiger partial charge in [-0.05, 0) is 95.1 Å². The first-order valence-electron chi connectivity index (χ1n) is 17.9. The van der Waals surface area contributed by atoms with E-state index in [2.05, 4.69) is 73.9 Å². The SMILES string of the molecule is CCCCN(C(=O)Nc1c(C(C)C)cc(-c2cccc(C#CCCN3C(=O)c4ccccc4C3=O)c2)cc1C(C)C)c1cc2cccnc2[nH]c1=O. The van der Waals surface area contributed by atoms with Crippen molar-refractivity contribution in [1.82, 2.24) is 14.9 Å². The van der Waals surface area contributed by atoms with Crippen LogP contribution < -0.4 is 15.8 Å². The third-order valence-electron chi connectivity index (χ3n) is 9.31. The van der Waals surface area contributed by atoms with E-state index >= 15 is 0 Å². The summed E-state index contributed by atoms with van der Waals surface area (Å²) in [6, 6.07) is 24.1. The van der Waals surface area contributed by atoms with Crippen LogP contribution in [0.4, 0.5) is 16.2 Å². The average molecular weight is 694 g/mol. The van der Waals surface area contributed by atoms with E-state index in [1.165, 1.54) is 9.80 Å². The molecular formula is C43H43N5O4. The molecule has 52 heavy (non-hydrogen) atoms. The molecule has 2 aromatic heterocycles. The Hall–Kier alpha value is -6.01. The van der Waals surface area contributed by atoms with E-state index in [9.17, 15) is 19.2 Å². The molecule has 0 saturated carbocycles. The summed E-state index contributed by atoms with van der Waals surface area (Å²) in [5.41, 5.74) is 6.78. The number of aromatic amines is 1. The molecular weight excluding hydrogens is 651 g/mol. The maximum absolute atomic E-state index is 14.1. The fraction of sp³-hybridized carbons (Fsp3) is 0.279. The molecule has 1 aliphatic rings. The molecule has 0 bridgehead atoms. The first-order chi connectivity index (χ1) is 25.1. The summed E-state index contributed by atoms with van der Waals surface area (Å²) in [6.45, 7) is 11.1. The van der Waals surface area contributed by atoms with Crippen LogP contribution in [-0.2, 0) is 0 Å². The molecule has 0 radical (unpaired) electrons. The third-order valence-corrected chi connectivity index (χ3v) is 9.31. The number of hydrogen-bond donors (Lipinski definition) is 2. The largest absolute Gasteiger partial charge is 0.326 e. The Labute approximate surface area is 304 Å². The van der Waals surface area contributed by atoms with Crippen molar-refractivity contribution in [2.75, 3.05) is 23.3 Å². The topological polar surface area (TPSA) is 115 Å². The molecule has 5 aromatic rings. The molecule has 0 aliphatic carbocycles. The molecule has 6 rings (SSSR count). The van der Waals surface area contributed by atoms with Crippen molar-refractivity contribution >= 4 is 40.3 Å². The second-order valence-electron chi connectivity index (χ2n) is 13.6. The minimum absolute atomic E-state index is 0.0807. The zero-order valence-electron chi connectivity index (χ0n) is 30.2. The highest BCUT2D eigenvalue weighted by atomic mass is 16.2. The molecule has 0 saturated heterocycles. The van der Waals surface area contributed by atoms with Gasteiger partial charge in [-0.25, -0.2) is 9.78 Å². The number of nitrogens with zero attached hydrogens (tertiary/aromatic N) is 3. The van der Waals surface area contributed by atoms with Crippen LogP contribution in [0.3, 0.4) is 0 Å². The number of carbonyl (C=O) groups excluding carboxylic acids is 3. The molecule has 0 spiro atoms. The smallest absolute Gasteiger partial charge is 0.307 e. The first kappa shape index (κ1) is 35.8. The van der Waals surface area contributed by atoms with Crippen LogP contribution >= 0.6 is 0 Å². The number of nitrogens with one attached hydrogen (secondary N) is 2. The van der Waals surface area contributed by atoms with Crippen molar-refractivity contribution in [1.29, 1.82) is 0 Å². The summed E-state index contributed by atoms with van der Waals surface area (Å²) in [5, 5.41) is 3.97. The molecule has 0 fully saturated rings. The van der Waals surface area contributed by atoms with Crippen molar-refractivity contribution in [3.8, 4) is 23.0 Å². The van der Waals surface area contributed by atoms with Crippen LogP contribution in [0.1, 0.15) is 103 Å². The molecule has 0 unspecified atom stereocenters. The van der Waals surface area contributed by atoms with E-state index < -0.39 is 0 Å². The number of urea groups is 1. The van der Waals surface area contributed by atoms with Gasteiger partial charge in [-0.15, -0.1) is 0 Å². The minimum atomic E-state index is -0.368. The van der Waals surface area contributed by atoms with Gasteiger partial charge in [0.05, 0.1) is 11.1 Å². The molecule has 3 heterocycles. The molecule has 4 amide bonds. The van der Waals surface area contributed by atoms with E-state index in [1.54, 1.807) is 42.6 Å². The Morgan fingerprint density at radius 3 is 2.21 bits per heavy atom. The van der Waals surface area contributed by atoms with Crippen molar-refractivity contribution in [3.05, 3.63) is 123 Å². The Morgan fingerprint density at radius 1 is 0.865 bits per heavy atom. The normalized spacial score (nSPS) is 12.3. The van der Waals surface area contributed by atoms with Crippen LogP contribution in [0, 0.1) is 11.8 Å². The van der Waals surface area contributed by atoms with Crippen LogP contribution in [-0.4, -0.2) is 45.8 Å². The van der Waals surface area contributed by atoms with Gasteiger partial charge in [-0.2, -0.15) is 0 Å². The van der Waals surface area contributed by atoms with E-state index in [0.29, 0.717) is 29.7 Å². The number of pyridine rings is 2. The predicted octanol–water partition coefficient (Wildman–Crippen LogP) is 8.71. The minimum Gasteiger partial charge on any atom is -0.307 e. The molecule has 0 atom stereocenters. The summed E-state index contributed by atoms with van der Waals surface area (Å²) < 4.78 is 0. The molecule has 1 aliphatic heterocycles. The molecule has 2 N–H and O–H groups in total.